The largest absolute Gasteiger partial charge is 0.464 e. The number of ketones is 1. The van der Waals surface area contributed by atoms with Crippen LogP contribution in [0.4, 0.5) is 0 Å². The molecule has 0 aromatic rings. The van der Waals surface area contributed by atoms with Gasteiger partial charge in [0.05, 0.1) is 12.2 Å². The summed E-state index contributed by atoms with van der Waals surface area (Å²) in [6.45, 7) is 9.13. The van der Waals surface area contributed by atoms with Crippen LogP contribution >= 0.6 is 11.6 Å². The minimum absolute atomic E-state index is 0. The van der Waals surface area contributed by atoms with Crippen LogP contribution in [0.1, 0.15) is 131 Å². The Bertz CT molecular complexity index is 489. The molecule has 1 atom stereocenters. The molecule has 0 radical (unpaired) electrons. The fraction of sp³-hybridized carbons (Fsp3) is 0.923. The Labute approximate surface area is 203 Å². The Kier molecular flexibility index (Phi) is 19.6. The zero-order valence-electron chi connectivity index (χ0n) is 21.6. The molecule has 0 amide bonds. The van der Waals surface area contributed by atoms with Gasteiger partial charge in [0.2, 0.25) is 0 Å². The number of carbonyl (C=O) groups excluding carboxylic acids is 2. The highest BCUT2D eigenvalue weighted by Gasteiger charge is 2.33. The molecule has 0 bridgehead atoms. The monoisotopic (exact) mass is 477 g/mol. The topological polar surface area (TPSA) is 98.6 Å². The smallest absolute Gasteiger partial charge is 0.327 e. The molecule has 0 saturated heterocycles. The molecular weight excluding hydrogens is 426 g/mol. The number of esters is 1. The normalized spacial score (nSPS) is 12.8. The summed E-state index contributed by atoms with van der Waals surface area (Å²) < 4.78 is 5.16. The highest BCUT2D eigenvalue weighted by molar-refractivity contribution is 6.30. The second-order valence-corrected chi connectivity index (χ2v) is 10.7. The lowest BCUT2D eigenvalue weighted by Crippen LogP contribution is -2.39. The second-order valence-electron chi connectivity index (χ2n) is 10.2. The number of ether oxygens (including phenoxy) is 1. The standard InChI is InChI=1S/C26H49ClO4.H3N/c1-6-7-8-9-10-11-12-13-14-15-16-17-18-19-22(28)25(2,3)20-21-31-24(29)23(27)26(4,5)30;/h23,30H,6-21H2,1-5H3;1H3. The number of hydrogen-bond donors (Lipinski definition) is 2. The molecule has 0 spiro atoms. The van der Waals surface area contributed by atoms with E-state index in [2.05, 4.69) is 6.92 Å². The minimum Gasteiger partial charge on any atom is -0.464 e. The van der Waals surface area contributed by atoms with Gasteiger partial charge >= 0.3 is 5.97 Å². The van der Waals surface area contributed by atoms with Gasteiger partial charge in [0.15, 0.2) is 5.38 Å². The summed E-state index contributed by atoms with van der Waals surface area (Å²) in [6.07, 6.45) is 17.8. The first-order valence-electron chi connectivity index (χ1n) is 12.6. The number of rotatable bonds is 20. The van der Waals surface area contributed by atoms with Crippen LogP contribution in [0.15, 0.2) is 0 Å². The van der Waals surface area contributed by atoms with E-state index in [1.807, 2.05) is 13.8 Å². The van der Waals surface area contributed by atoms with Crippen molar-refractivity contribution in [1.82, 2.24) is 6.15 Å². The van der Waals surface area contributed by atoms with E-state index in [1.54, 1.807) is 0 Å². The molecule has 0 heterocycles. The third-order valence-electron chi connectivity index (χ3n) is 6.06. The number of aliphatic hydroxyl groups is 1. The average molecular weight is 478 g/mol. The summed E-state index contributed by atoms with van der Waals surface area (Å²) in [7, 11) is 0. The Hall–Kier alpha value is -0.650. The molecule has 0 rings (SSSR count). The van der Waals surface area contributed by atoms with Crippen molar-refractivity contribution in [3.05, 3.63) is 0 Å². The molecule has 0 fully saturated rings. The Balaban J connectivity index is 0. The Morgan fingerprint density at radius 1 is 0.812 bits per heavy atom. The zero-order valence-corrected chi connectivity index (χ0v) is 22.4. The lowest BCUT2D eigenvalue weighted by atomic mass is 9.82. The summed E-state index contributed by atoms with van der Waals surface area (Å²) in [4.78, 5) is 24.4. The van der Waals surface area contributed by atoms with Crippen LogP contribution in [0.5, 0.6) is 0 Å². The molecule has 0 aliphatic rings. The van der Waals surface area contributed by atoms with E-state index in [4.69, 9.17) is 16.3 Å². The van der Waals surface area contributed by atoms with Crippen molar-refractivity contribution in [1.29, 1.82) is 0 Å². The summed E-state index contributed by atoms with van der Waals surface area (Å²) >= 11 is 5.90. The maximum atomic E-state index is 12.5. The number of alkyl halides is 1. The third-order valence-corrected chi connectivity index (χ3v) is 6.77. The van der Waals surface area contributed by atoms with Gasteiger partial charge in [0, 0.05) is 11.8 Å². The number of unbranched alkanes of at least 4 members (excludes halogenated alkanes) is 12. The van der Waals surface area contributed by atoms with Crippen LogP contribution < -0.4 is 6.15 Å². The van der Waals surface area contributed by atoms with Crippen molar-refractivity contribution in [2.75, 3.05) is 6.61 Å². The van der Waals surface area contributed by atoms with E-state index in [9.17, 15) is 14.7 Å². The van der Waals surface area contributed by atoms with Gasteiger partial charge in [-0.2, -0.15) is 0 Å². The maximum absolute atomic E-state index is 12.5. The summed E-state index contributed by atoms with van der Waals surface area (Å²) in [6, 6.07) is 0. The molecule has 5 nitrogen and oxygen atoms in total. The van der Waals surface area contributed by atoms with Gasteiger partial charge in [-0.3, -0.25) is 9.59 Å². The molecule has 192 valence electrons. The molecule has 0 aliphatic carbocycles. The number of Topliss-reactive ketones (excluding diaryl/α,β-unsaturated/α-hetero) is 1. The first-order valence-corrected chi connectivity index (χ1v) is 13.0. The predicted octanol–water partition coefficient (Wildman–Crippen LogP) is 7.54. The maximum Gasteiger partial charge on any atom is 0.327 e. The second kappa shape index (κ2) is 18.7. The van der Waals surface area contributed by atoms with Gasteiger partial charge in [-0.15, -0.1) is 11.6 Å². The van der Waals surface area contributed by atoms with Crippen LogP contribution in [-0.4, -0.2) is 34.4 Å². The van der Waals surface area contributed by atoms with Crippen molar-refractivity contribution in [2.24, 2.45) is 5.41 Å². The first-order chi connectivity index (χ1) is 14.5. The molecule has 6 heteroatoms. The highest BCUT2D eigenvalue weighted by atomic mass is 35.5. The predicted molar refractivity (Wildman–Crippen MR) is 136 cm³/mol. The van der Waals surface area contributed by atoms with Gasteiger partial charge in [-0.05, 0) is 26.7 Å². The molecular formula is C26H52ClNO4. The van der Waals surface area contributed by atoms with Crippen LogP contribution in [0.25, 0.3) is 0 Å². The molecule has 0 aromatic heterocycles. The third kappa shape index (κ3) is 16.9. The van der Waals surface area contributed by atoms with E-state index >= 15 is 0 Å². The molecule has 0 aliphatic heterocycles. The fourth-order valence-electron chi connectivity index (χ4n) is 3.55. The first kappa shape index (κ1) is 33.5. The lowest BCUT2D eigenvalue weighted by molar-refractivity contribution is -0.149. The number of hydrogen-bond acceptors (Lipinski definition) is 5. The van der Waals surface area contributed by atoms with Gasteiger partial charge < -0.3 is 16.0 Å². The summed E-state index contributed by atoms with van der Waals surface area (Å²) in [5, 5.41) is 8.65. The lowest BCUT2D eigenvalue weighted by Gasteiger charge is -2.25. The van der Waals surface area contributed by atoms with Crippen LogP contribution in [0.2, 0.25) is 0 Å². The van der Waals surface area contributed by atoms with E-state index in [-0.39, 0.29) is 18.5 Å². The highest BCUT2D eigenvalue weighted by Crippen LogP contribution is 2.25. The SMILES string of the molecule is CCCCCCCCCCCCCCCC(=O)C(C)(C)CCOC(=O)C(Cl)C(C)(C)O.N. The average Bonchev–Trinajstić information content (AvgIpc) is 2.69. The minimum atomic E-state index is -1.34. The van der Waals surface area contributed by atoms with E-state index in [1.165, 1.54) is 84.5 Å². The quantitative estimate of drug-likeness (QED) is 0.107. The number of halogens is 1. The van der Waals surface area contributed by atoms with Crippen molar-refractivity contribution >= 4 is 23.4 Å². The summed E-state index contributed by atoms with van der Waals surface area (Å²) in [5.41, 5.74) is -1.85. The van der Waals surface area contributed by atoms with Crippen molar-refractivity contribution in [2.45, 2.75) is 142 Å². The Morgan fingerprint density at radius 3 is 1.62 bits per heavy atom. The van der Waals surface area contributed by atoms with Gasteiger partial charge in [0.25, 0.3) is 0 Å². The van der Waals surface area contributed by atoms with Crippen molar-refractivity contribution in [3.8, 4) is 0 Å². The molecule has 0 aromatic carbocycles. The Morgan fingerprint density at radius 2 is 1.22 bits per heavy atom. The molecule has 32 heavy (non-hydrogen) atoms. The van der Waals surface area contributed by atoms with Crippen LogP contribution in [0.3, 0.4) is 0 Å². The van der Waals surface area contributed by atoms with Crippen LogP contribution in [0, 0.1) is 5.41 Å². The van der Waals surface area contributed by atoms with Gasteiger partial charge in [-0.25, -0.2) is 0 Å². The number of carbonyl (C=O) groups is 2. The fourth-order valence-corrected chi connectivity index (χ4v) is 3.61. The van der Waals surface area contributed by atoms with E-state index in [0.29, 0.717) is 12.8 Å². The van der Waals surface area contributed by atoms with Crippen molar-refractivity contribution < 1.29 is 19.4 Å². The molecule has 4 N–H and O–H groups in total. The van der Waals surface area contributed by atoms with Crippen molar-refractivity contribution in [3.63, 3.8) is 0 Å². The summed E-state index contributed by atoms with van der Waals surface area (Å²) in [5.74, 6) is -0.426. The van der Waals surface area contributed by atoms with Gasteiger partial charge in [-0.1, -0.05) is 97.8 Å². The molecule has 1 unspecified atom stereocenters. The van der Waals surface area contributed by atoms with E-state index in [0.717, 1.165) is 12.8 Å². The molecule has 0 saturated carbocycles. The van der Waals surface area contributed by atoms with Gasteiger partial charge in [0.1, 0.15) is 5.78 Å². The zero-order chi connectivity index (χ0) is 23.8. The van der Waals surface area contributed by atoms with E-state index < -0.39 is 22.4 Å². The van der Waals surface area contributed by atoms with Crippen LogP contribution in [-0.2, 0) is 14.3 Å².